The van der Waals surface area contributed by atoms with Gasteiger partial charge in [0.1, 0.15) is 22.6 Å². The lowest BCUT2D eigenvalue weighted by atomic mass is 9.92. The van der Waals surface area contributed by atoms with Crippen LogP contribution < -0.4 is 19.3 Å². The van der Waals surface area contributed by atoms with Crippen LogP contribution in [0.3, 0.4) is 0 Å². The third-order valence-electron chi connectivity index (χ3n) is 17.4. The van der Waals surface area contributed by atoms with Crippen molar-refractivity contribution in [2.24, 2.45) is 0 Å². The Morgan fingerprint density at radius 1 is 0.396 bits per heavy atom. The quantitative estimate of drug-likeness (QED) is 0.0234. The molecule has 4 heterocycles. The number of imide groups is 4. The van der Waals surface area contributed by atoms with Crippen LogP contribution in [0, 0.1) is 0 Å². The van der Waals surface area contributed by atoms with Crippen molar-refractivity contribution in [1.82, 2.24) is 19.6 Å². The molecule has 0 aliphatic carbocycles. The molecule has 0 N–H and O–H groups in total. The molecule has 18 heteroatoms. The molecule has 0 bridgehead atoms. The Morgan fingerprint density at radius 3 is 1.10 bits per heavy atom. The zero-order valence-corrected chi connectivity index (χ0v) is 60.2. The third kappa shape index (κ3) is 16.7. The van der Waals surface area contributed by atoms with E-state index in [2.05, 4.69) is 177 Å². The highest BCUT2D eigenvalue weighted by Gasteiger charge is 2.42. The Balaban J connectivity index is 0.701. The molecular formula is C78H82Br2N6O8S2. The van der Waals surface area contributed by atoms with Crippen LogP contribution in [0.25, 0.3) is 69.1 Å². The number of barbiturate groups is 2. The first-order chi connectivity index (χ1) is 46.6. The van der Waals surface area contributed by atoms with Gasteiger partial charge in [0.25, 0.3) is 23.6 Å². The average molecular weight is 1460 g/mol. The van der Waals surface area contributed by atoms with E-state index in [0.29, 0.717) is 13.2 Å². The summed E-state index contributed by atoms with van der Waals surface area (Å²) in [5, 5.41) is 4.43. The molecule has 498 valence electrons. The fourth-order valence-corrected chi connectivity index (χ4v) is 14.7. The van der Waals surface area contributed by atoms with Crippen LogP contribution in [0.5, 0.6) is 11.5 Å². The Hall–Kier alpha value is -8.42. The van der Waals surface area contributed by atoms with E-state index in [1.807, 2.05) is 36.4 Å². The molecule has 10 rings (SSSR count). The van der Waals surface area contributed by atoms with Crippen molar-refractivity contribution >= 4 is 160 Å². The van der Waals surface area contributed by atoms with Crippen LogP contribution in [0.15, 0.2) is 154 Å². The van der Waals surface area contributed by atoms with Crippen molar-refractivity contribution in [2.75, 3.05) is 75.4 Å². The molecule has 0 atom stereocenters. The number of rotatable bonds is 31. The molecule has 8 amide bonds. The summed E-state index contributed by atoms with van der Waals surface area (Å²) in [6, 6.07) is 45.2. The minimum absolute atomic E-state index is 0.00321. The number of halogens is 2. The number of nitrogens with zero attached hydrogens (tertiary/aromatic N) is 6. The summed E-state index contributed by atoms with van der Waals surface area (Å²) >= 11 is 10.4. The summed E-state index contributed by atoms with van der Waals surface area (Å²) in [4.78, 5) is 90.2. The number of amides is 8. The maximum atomic E-state index is 13.0. The second kappa shape index (κ2) is 33.5. The van der Waals surface area contributed by atoms with E-state index in [-0.39, 0.29) is 37.3 Å². The largest absolute Gasteiger partial charge is 0.493 e. The van der Waals surface area contributed by atoms with Crippen molar-refractivity contribution < 1.29 is 38.2 Å². The van der Waals surface area contributed by atoms with Gasteiger partial charge in [0.05, 0.1) is 13.2 Å². The first-order valence-corrected chi connectivity index (χ1v) is 36.6. The summed E-state index contributed by atoms with van der Waals surface area (Å²) in [5.74, 6) is -0.549. The van der Waals surface area contributed by atoms with Crippen molar-refractivity contribution in [3.63, 3.8) is 0 Å². The van der Waals surface area contributed by atoms with Crippen LogP contribution in [0.2, 0.25) is 0 Å². The fourth-order valence-electron chi connectivity index (χ4n) is 12.2. The zero-order valence-electron chi connectivity index (χ0n) is 55.4. The molecule has 96 heavy (non-hydrogen) atoms. The van der Waals surface area contributed by atoms with E-state index in [1.54, 1.807) is 39.8 Å². The highest BCUT2D eigenvalue weighted by molar-refractivity contribution is 9.10. The summed E-state index contributed by atoms with van der Waals surface area (Å²) in [7, 11) is 0. The maximum absolute atomic E-state index is 13.0. The molecule has 0 saturated carbocycles. The highest BCUT2D eigenvalue weighted by atomic mass is 79.9. The summed E-state index contributed by atoms with van der Waals surface area (Å²) in [6.45, 7) is 17.0. The number of fused-ring (bicyclic) bond motifs is 2. The number of benzene rings is 6. The molecule has 0 spiro atoms. The van der Waals surface area contributed by atoms with Crippen molar-refractivity contribution in [2.45, 2.75) is 92.9 Å². The van der Waals surface area contributed by atoms with Gasteiger partial charge in [-0.15, -0.1) is 22.7 Å². The predicted octanol–water partition coefficient (Wildman–Crippen LogP) is 19.0. The Bertz CT molecular complexity index is 3940. The first-order valence-electron chi connectivity index (χ1n) is 33.4. The Kier molecular flexibility index (Phi) is 24.6. The molecule has 0 unspecified atom stereocenters. The van der Waals surface area contributed by atoms with E-state index in [0.717, 1.165) is 181 Å². The van der Waals surface area contributed by atoms with Gasteiger partial charge >= 0.3 is 12.1 Å². The number of urea groups is 2. The first kappa shape index (κ1) is 70.4. The number of hydrogen-bond donors (Lipinski definition) is 0. The number of carbonyl (C=O) groups is 6. The van der Waals surface area contributed by atoms with Crippen molar-refractivity contribution in [3.8, 4) is 22.6 Å². The van der Waals surface area contributed by atoms with Gasteiger partial charge in [-0.1, -0.05) is 118 Å². The lowest BCUT2D eigenvalue weighted by Crippen LogP contribution is -2.56. The second-order valence-electron chi connectivity index (χ2n) is 23.5. The number of thiophene rings is 2. The molecule has 14 nitrogen and oxygen atoms in total. The van der Waals surface area contributed by atoms with Gasteiger partial charge in [0.15, 0.2) is 0 Å². The van der Waals surface area contributed by atoms with Crippen LogP contribution in [-0.4, -0.2) is 121 Å². The van der Waals surface area contributed by atoms with Crippen LogP contribution >= 0.6 is 54.5 Å². The number of unbranched alkanes of at least 4 members (excludes halogenated alkanes) is 6. The lowest BCUT2D eigenvalue weighted by Gasteiger charge is -2.32. The molecule has 2 saturated heterocycles. The molecule has 8 aromatic rings. The van der Waals surface area contributed by atoms with E-state index in [1.165, 1.54) is 34.0 Å². The van der Waals surface area contributed by atoms with Crippen LogP contribution in [0.1, 0.15) is 124 Å². The molecule has 6 aromatic carbocycles. The summed E-state index contributed by atoms with van der Waals surface area (Å²) < 4.78 is 15.7. The van der Waals surface area contributed by atoms with Crippen LogP contribution in [-0.2, 0) is 19.2 Å². The van der Waals surface area contributed by atoms with E-state index in [9.17, 15) is 28.8 Å². The fraction of sp³-hybridized carbons (Fsp3) is 0.308. The number of ether oxygens (including phenoxy) is 2. The van der Waals surface area contributed by atoms with Crippen molar-refractivity contribution in [3.05, 3.63) is 184 Å². The van der Waals surface area contributed by atoms with Gasteiger partial charge in [-0.3, -0.25) is 38.8 Å². The monoisotopic (exact) mass is 1450 g/mol. The van der Waals surface area contributed by atoms with Crippen molar-refractivity contribution in [1.29, 1.82) is 0 Å². The number of anilines is 2. The normalized spacial score (nSPS) is 13.9. The topological polar surface area (TPSA) is 140 Å². The Labute approximate surface area is 588 Å². The highest BCUT2D eigenvalue weighted by Crippen LogP contribution is 2.47. The van der Waals surface area contributed by atoms with Gasteiger partial charge < -0.3 is 19.3 Å². The van der Waals surface area contributed by atoms with Gasteiger partial charge in [0.2, 0.25) is 0 Å². The molecule has 2 aliphatic heterocycles. The third-order valence-corrected chi connectivity index (χ3v) is 20.4. The Morgan fingerprint density at radius 2 is 0.750 bits per heavy atom. The minimum Gasteiger partial charge on any atom is -0.493 e. The van der Waals surface area contributed by atoms with E-state index >= 15 is 0 Å². The van der Waals surface area contributed by atoms with Gasteiger partial charge in [-0.2, -0.15) is 0 Å². The number of carbonyl (C=O) groups excluding carboxylic acids is 6. The molecule has 2 aromatic heterocycles. The number of hydrogen-bond acceptors (Lipinski definition) is 12. The van der Waals surface area contributed by atoms with Gasteiger partial charge in [-0.25, -0.2) is 9.59 Å². The molecular weight excluding hydrogens is 1370 g/mol. The van der Waals surface area contributed by atoms with E-state index in [4.69, 9.17) is 9.47 Å². The van der Waals surface area contributed by atoms with Crippen LogP contribution in [0.4, 0.5) is 21.0 Å². The maximum Gasteiger partial charge on any atom is 0.333 e. The molecule has 2 aliphatic rings. The standard InChI is InChI=1S/C78H82Br2N6O8S2/c1-7-81(59-31-21-53(22-32-59)25-35-61-37-39-63(95-61)51-67-73(87)83(9-3)77(91)84(10-4)74(67)88)45-17-13-15-19-47-93-69-43-27-55-49-57(79)29-41-65(55)71(69)72-66-42-30-58(80)50-56(66)28-44-70(72)94-48-20-16-14-18-46-82(8-2)60-33-23-54(24-34-60)26-36-62-38-40-64(96-62)52-68-75(89)85(11-5)78(92)86(12-6)76(68)90/h21-44,49-52H,7-20,45-48H2,1-6H3/b35-25+,36-26+. The molecule has 2 fully saturated rings. The zero-order chi connectivity index (χ0) is 67.8. The number of likely N-dealkylation sites (N-methyl/N-ethyl adjacent to an activating group) is 4. The minimum atomic E-state index is -0.571. The smallest absolute Gasteiger partial charge is 0.333 e. The van der Waals surface area contributed by atoms with Gasteiger partial charge in [0, 0.05) is 103 Å². The van der Waals surface area contributed by atoms with Gasteiger partial charge in [-0.05, 0) is 209 Å². The average Bonchev–Trinajstić information content (AvgIpc) is 0.827. The second-order valence-corrected chi connectivity index (χ2v) is 27.6. The lowest BCUT2D eigenvalue weighted by molar-refractivity contribution is -0.137. The SMILES string of the molecule is CCN1C(=O)C(=Cc2ccc(/C=C/c3ccc(N(CC)CCCCCCOc4ccc5cc(Br)ccc5c4-c4c(OCCCCCCN(CC)c5ccc(/C=C/c6ccc(C=C7C(=O)N(CC)C(=O)N(CC)C7=O)s6)cc5)ccc5cc(Br)ccc45)cc3)s2)C(=O)N(CC)C1=O. The van der Waals surface area contributed by atoms with E-state index < -0.39 is 35.7 Å². The summed E-state index contributed by atoms with van der Waals surface area (Å²) in [5.41, 5.74) is 6.57. The predicted molar refractivity (Wildman–Crippen MR) is 402 cm³/mol. The molecule has 0 radical (unpaired) electrons. The summed E-state index contributed by atoms with van der Waals surface area (Å²) in [6.07, 6.45) is 19.6.